The zero-order chi connectivity index (χ0) is 22.6. The molecule has 32 heavy (non-hydrogen) atoms. The largest absolute Gasteiger partial charge is 0.324 e. The van der Waals surface area contributed by atoms with E-state index in [4.69, 9.17) is 11.6 Å². The molecule has 2 fully saturated rings. The van der Waals surface area contributed by atoms with E-state index in [1.807, 2.05) is 12.2 Å². The summed E-state index contributed by atoms with van der Waals surface area (Å²) < 4.78 is 0. The Bertz CT molecular complexity index is 1150. The van der Waals surface area contributed by atoms with Gasteiger partial charge < -0.3 is 5.32 Å². The number of rotatable bonds is 5. The number of ketones is 1. The van der Waals surface area contributed by atoms with Crippen LogP contribution < -0.4 is 5.32 Å². The van der Waals surface area contributed by atoms with Crippen molar-refractivity contribution in [3.63, 3.8) is 0 Å². The van der Waals surface area contributed by atoms with Gasteiger partial charge in [-0.25, -0.2) is 0 Å². The molecule has 2 aliphatic carbocycles. The van der Waals surface area contributed by atoms with Gasteiger partial charge in [-0.2, -0.15) is 0 Å². The van der Waals surface area contributed by atoms with Crippen LogP contribution in [-0.4, -0.2) is 34.4 Å². The van der Waals surface area contributed by atoms with E-state index in [0.29, 0.717) is 10.6 Å². The van der Waals surface area contributed by atoms with Crippen LogP contribution in [0.1, 0.15) is 29.3 Å². The van der Waals surface area contributed by atoms with E-state index in [-0.39, 0.29) is 52.5 Å². The van der Waals surface area contributed by atoms with Crippen LogP contribution in [0.15, 0.2) is 60.7 Å². The number of imide groups is 1. The normalized spacial score (nSPS) is 26.4. The van der Waals surface area contributed by atoms with Crippen LogP contribution in [0.2, 0.25) is 5.02 Å². The minimum Gasteiger partial charge on any atom is -0.324 e. The number of allylic oxidation sites excluding steroid dienone is 2. The lowest BCUT2D eigenvalue weighted by molar-refractivity contribution is -0.146. The molecule has 0 unspecified atom stereocenters. The van der Waals surface area contributed by atoms with Crippen LogP contribution in [0, 0.1) is 23.7 Å². The summed E-state index contributed by atoms with van der Waals surface area (Å²) in [7, 11) is 0. The van der Waals surface area contributed by atoms with Crippen LogP contribution in [0.4, 0.5) is 5.69 Å². The fourth-order valence-electron chi connectivity index (χ4n) is 5.22. The van der Waals surface area contributed by atoms with Crippen molar-refractivity contribution in [3.8, 4) is 0 Å². The van der Waals surface area contributed by atoms with Crippen molar-refractivity contribution >= 4 is 40.8 Å². The van der Waals surface area contributed by atoms with Gasteiger partial charge in [0, 0.05) is 16.1 Å². The van der Waals surface area contributed by atoms with Gasteiger partial charge in [0.25, 0.3) is 0 Å². The number of fused-ring (bicyclic) bond motifs is 5. The molecule has 5 rings (SSSR count). The molecule has 1 saturated heterocycles. The second kappa shape index (κ2) is 7.71. The molecule has 6 nitrogen and oxygen atoms in total. The van der Waals surface area contributed by atoms with Crippen molar-refractivity contribution in [1.29, 1.82) is 0 Å². The molecule has 1 aliphatic heterocycles. The number of halogens is 1. The number of likely N-dealkylation sites (tertiary alicyclic amines) is 1. The van der Waals surface area contributed by atoms with Gasteiger partial charge in [-0.3, -0.25) is 24.1 Å². The molecule has 0 radical (unpaired) electrons. The van der Waals surface area contributed by atoms with E-state index in [0.717, 1.165) is 11.3 Å². The number of hydrogen-bond acceptors (Lipinski definition) is 4. The van der Waals surface area contributed by atoms with E-state index in [1.54, 1.807) is 42.5 Å². The van der Waals surface area contributed by atoms with Gasteiger partial charge in [0.05, 0.1) is 17.5 Å². The summed E-state index contributed by atoms with van der Waals surface area (Å²) in [5.74, 6) is -1.96. The third-order valence-corrected chi connectivity index (χ3v) is 7.03. The van der Waals surface area contributed by atoms with Crippen molar-refractivity contribution in [3.05, 3.63) is 76.8 Å². The van der Waals surface area contributed by atoms with Crippen molar-refractivity contribution in [2.45, 2.75) is 19.4 Å². The fraction of sp³-hybridized carbons (Fsp3) is 0.280. The van der Waals surface area contributed by atoms with E-state index in [9.17, 15) is 19.2 Å². The Morgan fingerprint density at radius 1 is 1.00 bits per heavy atom. The van der Waals surface area contributed by atoms with E-state index in [1.165, 1.54) is 13.0 Å². The molecular weight excluding hydrogens is 428 g/mol. The maximum Gasteiger partial charge on any atom is 0.247 e. The summed E-state index contributed by atoms with van der Waals surface area (Å²) >= 11 is 6.11. The highest BCUT2D eigenvalue weighted by atomic mass is 35.5. The van der Waals surface area contributed by atoms with Crippen molar-refractivity contribution in [2.24, 2.45) is 23.7 Å². The highest BCUT2D eigenvalue weighted by Crippen LogP contribution is 2.52. The lowest BCUT2D eigenvalue weighted by Gasteiger charge is -2.24. The molecule has 2 aromatic carbocycles. The van der Waals surface area contributed by atoms with E-state index >= 15 is 0 Å². The molecule has 2 aromatic rings. The van der Waals surface area contributed by atoms with Crippen LogP contribution >= 0.6 is 11.6 Å². The number of carbonyl (C=O) groups excluding carboxylic acids is 4. The standard InChI is InChI=1S/C25H21ClN2O4/c1-13(28-24(31)20-15-7-8-16(11-15)21(20)25(28)32)23(30)27-19-10-9-17(26)12-18(19)22(29)14-5-3-2-4-6-14/h2-10,12-13,15-16,20-21H,11H2,1H3,(H,27,30)/t13-,15+,16+,20+,21+/m1/s1. The molecule has 0 spiro atoms. The van der Waals surface area contributed by atoms with Crippen molar-refractivity contribution in [1.82, 2.24) is 4.90 Å². The van der Waals surface area contributed by atoms with Gasteiger partial charge in [-0.15, -0.1) is 0 Å². The highest BCUT2D eigenvalue weighted by Gasteiger charge is 2.60. The topological polar surface area (TPSA) is 83.6 Å². The number of anilines is 1. The van der Waals surface area contributed by atoms with E-state index in [2.05, 4.69) is 5.32 Å². The summed E-state index contributed by atoms with van der Waals surface area (Å²) in [5.41, 5.74) is 0.975. The molecule has 0 aromatic heterocycles. The number of amides is 3. The number of hydrogen-bond donors (Lipinski definition) is 1. The molecule has 5 atom stereocenters. The van der Waals surface area contributed by atoms with Gasteiger partial charge in [-0.1, -0.05) is 54.1 Å². The summed E-state index contributed by atoms with van der Waals surface area (Å²) in [6, 6.07) is 12.3. The molecule has 162 valence electrons. The minimum atomic E-state index is -0.990. The highest BCUT2D eigenvalue weighted by molar-refractivity contribution is 6.31. The Morgan fingerprint density at radius 2 is 1.62 bits per heavy atom. The zero-order valence-corrected chi connectivity index (χ0v) is 18.1. The average molecular weight is 449 g/mol. The zero-order valence-electron chi connectivity index (χ0n) is 17.3. The number of benzene rings is 2. The van der Waals surface area contributed by atoms with E-state index < -0.39 is 11.9 Å². The number of nitrogens with zero attached hydrogens (tertiary/aromatic N) is 1. The van der Waals surface area contributed by atoms with Crippen LogP contribution in [0.25, 0.3) is 0 Å². The molecule has 1 saturated carbocycles. The predicted octanol–water partition coefficient (Wildman–Crippen LogP) is 3.71. The first kappa shape index (κ1) is 20.6. The Balaban J connectivity index is 1.38. The quantitative estimate of drug-likeness (QED) is 0.429. The van der Waals surface area contributed by atoms with Crippen molar-refractivity contribution in [2.75, 3.05) is 5.32 Å². The molecule has 1 heterocycles. The van der Waals surface area contributed by atoms with Gasteiger partial charge in [0.2, 0.25) is 17.7 Å². The first-order chi connectivity index (χ1) is 15.4. The smallest absolute Gasteiger partial charge is 0.247 e. The van der Waals surface area contributed by atoms with Gasteiger partial charge in [-0.05, 0) is 43.4 Å². The van der Waals surface area contributed by atoms with Crippen LogP contribution in [0.5, 0.6) is 0 Å². The first-order valence-corrected chi connectivity index (χ1v) is 11.0. The summed E-state index contributed by atoms with van der Waals surface area (Å²) in [6.45, 7) is 1.54. The number of nitrogens with one attached hydrogen (secondary N) is 1. The minimum absolute atomic E-state index is 0.0769. The van der Waals surface area contributed by atoms with Gasteiger partial charge >= 0.3 is 0 Å². The number of carbonyl (C=O) groups is 4. The monoisotopic (exact) mass is 448 g/mol. The van der Waals surface area contributed by atoms with Gasteiger partial charge in [0.15, 0.2) is 5.78 Å². The summed E-state index contributed by atoms with van der Waals surface area (Å²) in [6.07, 6.45) is 4.86. The Morgan fingerprint density at radius 3 is 2.25 bits per heavy atom. The molecule has 1 N–H and O–H groups in total. The molecule has 3 amide bonds. The van der Waals surface area contributed by atoms with Crippen LogP contribution in [-0.2, 0) is 14.4 Å². The Labute approximate surface area is 190 Å². The molecule has 7 heteroatoms. The predicted molar refractivity (Wildman–Crippen MR) is 119 cm³/mol. The second-order valence-electron chi connectivity index (χ2n) is 8.60. The van der Waals surface area contributed by atoms with Gasteiger partial charge in [0.1, 0.15) is 6.04 Å². The SMILES string of the molecule is C[C@H](C(=O)Nc1ccc(Cl)cc1C(=O)c1ccccc1)N1C(=O)[C@@H]2[C@@H](C1=O)[C@H]1C=C[C@H]2C1. The van der Waals surface area contributed by atoms with Crippen LogP contribution in [0.3, 0.4) is 0 Å². The first-order valence-electron chi connectivity index (χ1n) is 10.6. The third-order valence-electron chi connectivity index (χ3n) is 6.79. The molecule has 2 bridgehead atoms. The Kier molecular flexibility index (Phi) is 4.97. The Hall–Kier alpha value is -3.25. The van der Waals surface area contributed by atoms with Crippen molar-refractivity contribution < 1.29 is 19.2 Å². The summed E-state index contributed by atoms with van der Waals surface area (Å²) in [5, 5.41) is 3.09. The third kappa shape index (κ3) is 3.17. The lowest BCUT2D eigenvalue weighted by atomic mass is 9.85. The molecule has 3 aliphatic rings. The second-order valence-corrected chi connectivity index (χ2v) is 9.03. The summed E-state index contributed by atoms with van der Waals surface area (Å²) in [4.78, 5) is 53.2. The maximum absolute atomic E-state index is 13.1. The fourth-order valence-corrected chi connectivity index (χ4v) is 5.39. The molecular formula is C25H21ClN2O4. The lowest BCUT2D eigenvalue weighted by Crippen LogP contribution is -2.46. The average Bonchev–Trinajstić information content (AvgIpc) is 3.48. The maximum atomic E-state index is 13.1.